The van der Waals surface area contributed by atoms with Crippen LogP contribution in [0.1, 0.15) is 45.1 Å². The van der Waals surface area contributed by atoms with E-state index in [0.29, 0.717) is 16.7 Å². The largest absolute Gasteiger partial charge is 0.465 e. The summed E-state index contributed by atoms with van der Waals surface area (Å²) in [6, 6.07) is 3.81. The quantitative estimate of drug-likeness (QED) is 0.513. The summed E-state index contributed by atoms with van der Waals surface area (Å²) in [5.41, 5.74) is -4.27. The zero-order chi connectivity index (χ0) is 24.9. The summed E-state index contributed by atoms with van der Waals surface area (Å²) < 4.78 is 69.5. The second-order valence-electron chi connectivity index (χ2n) is 8.44. The fourth-order valence-electron chi connectivity index (χ4n) is 3.83. The summed E-state index contributed by atoms with van der Waals surface area (Å²) in [5.74, 6) is -2.45. The minimum atomic E-state index is -4.91. The molecular formula is C22H20F5N3O3. The molecule has 3 rings (SSSR count). The van der Waals surface area contributed by atoms with E-state index in [1.807, 2.05) is 0 Å². The molecule has 0 spiro atoms. The van der Waals surface area contributed by atoms with Crippen LogP contribution in [0.5, 0.6) is 0 Å². The van der Waals surface area contributed by atoms with Gasteiger partial charge < -0.3 is 5.11 Å². The minimum Gasteiger partial charge on any atom is -0.465 e. The number of carboxylic acid groups (broad SMARTS) is 1. The molecule has 0 saturated carbocycles. The van der Waals surface area contributed by atoms with Crippen molar-refractivity contribution < 1.29 is 31.9 Å². The highest BCUT2D eigenvalue weighted by Crippen LogP contribution is 2.35. The number of aromatic nitrogens is 2. The van der Waals surface area contributed by atoms with Crippen molar-refractivity contribution in [2.24, 2.45) is 0 Å². The number of hydrogen-bond acceptors (Lipinski definition) is 3. The van der Waals surface area contributed by atoms with Crippen molar-refractivity contribution in [3.05, 3.63) is 69.8 Å². The van der Waals surface area contributed by atoms with Gasteiger partial charge in [0.2, 0.25) is 0 Å². The Morgan fingerprint density at radius 3 is 2.15 bits per heavy atom. The monoisotopic (exact) mass is 469 g/mol. The van der Waals surface area contributed by atoms with E-state index in [1.54, 1.807) is 20.8 Å². The Hall–Kier alpha value is -3.50. The van der Waals surface area contributed by atoms with Gasteiger partial charge in [0.15, 0.2) is 0 Å². The average Bonchev–Trinajstić information content (AvgIpc) is 2.64. The molecule has 0 aliphatic carbocycles. The van der Waals surface area contributed by atoms with Gasteiger partial charge in [-0.15, -0.1) is 0 Å². The summed E-state index contributed by atoms with van der Waals surface area (Å²) in [6.45, 7) is 6.10. The van der Waals surface area contributed by atoms with Crippen molar-refractivity contribution in [2.45, 2.75) is 45.5 Å². The molecule has 1 heterocycles. The average molecular weight is 469 g/mol. The molecule has 1 aromatic heterocycles. The fraction of sp³-hybridized carbons (Fsp3) is 0.318. The number of alkyl halides is 3. The van der Waals surface area contributed by atoms with E-state index in [4.69, 9.17) is 0 Å². The summed E-state index contributed by atoms with van der Waals surface area (Å²) in [7, 11) is 0. The Morgan fingerprint density at radius 1 is 1.09 bits per heavy atom. The number of halogens is 5. The van der Waals surface area contributed by atoms with Gasteiger partial charge in [0.05, 0.1) is 28.2 Å². The van der Waals surface area contributed by atoms with Crippen LogP contribution in [0.15, 0.2) is 41.2 Å². The third kappa shape index (κ3) is 4.53. The van der Waals surface area contributed by atoms with Gasteiger partial charge in [0, 0.05) is 11.6 Å². The van der Waals surface area contributed by atoms with Gasteiger partial charge in [-0.05, 0) is 52.0 Å². The van der Waals surface area contributed by atoms with Crippen LogP contribution in [0.2, 0.25) is 0 Å². The molecule has 33 heavy (non-hydrogen) atoms. The molecule has 176 valence electrons. The van der Waals surface area contributed by atoms with E-state index in [9.17, 15) is 36.6 Å². The molecular weight excluding hydrogens is 449 g/mol. The van der Waals surface area contributed by atoms with Crippen LogP contribution in [0, 0.1) is 11.6 Å². The van der Waals surface area contributed by atoms with Crippen LogP contribution in [-0.4, -0.2) is 31.2 Å². The Labute approximate surface area is 184 Å². The first kappa shape index (κ1) is 24.1. The molecule has 6 nitrogen and oxygen atoms in total. The lowest BCUT2D eigenvalue weighted by molar-refractivity contribution is -0.136. The van der Waals surface area contributed by atoms with E-state index in [1.165, 1.54) is 13.0 Å². The smallest absolute Gasteiger partial charge is 0.417 e. The van der Waals surface area contributed by atoms with Crippen molar-refractivity contribution in [2.75, 3.05) is 0 Å². The highest BCUT2D eigenvalue weighted by Gasteiger charge is 2.37. The first-order valence-corrected chi connectivity index (χ1v) is 9.74. The standard InChI is InChI=1S/C22H20F5N3O3/c1-11(30(20(32)33)21(2,3)4)18-28-16-7-5-6-15(22(25,26)27)17(16)19(31)29(18)14-9-12(23)8-13(24)10-14/h5-11H,1-4H3,(H,32,33). The SMILES string of the molecule is CC(c1nc2cccc(C(F)(F)F)c2c(=O)n1-c1cc(F)cc(F)c1)N(C(=O)O)C(C)(C)C. The van der Waals surface area contributed by atoms with Crippen LogP contribution in [0.3, 0.4) is 0 Å². The lowest BCUT2D eigenvalue weighted by Gasteiger charge is -2.38. The number of nitrogens with zero attached hydrogens (tertiary/aromatic N) is 3. The highest BCUT2D eigenvalue weighted by molar-refractivity contribution is 5.82. The van der Waals surface area contributed by atoms with Crippen molar-refractivity contribution in [3.63, 3.8) is 0 Å². The molecule has 0 bridgehead atoms. The van der Waals surface area contributed by atoms with E-state index < -0.39 is 57.7 Å². The zero-order valence-electron chi connectivity index (χ0n) is 18.0. The molecule has 1 unspecified atom stereocenters. The van der Waals surface area contributed by atoms with Crippen molar-refractivity contribution in [3.8, 4) is 5.69 Å². The maximum atomic E-state index is 14.0. The molecule has 0 saturated heterocycles. The Bertz CT molecular complexity index is 1280. The van der Waals surface area contributed by atoms with Crippen LogP contribution in [0.4, 0.5) is 26.7 Å². The Kier molecular flexibility index (Phi) is 5.95. The van der Waals surface area contributed by atoms with Gasteiger partial charge in [-0.2, -0.15) is 13.2 Å². The summed E-state index contributed by atoms with van der Waals surface area (Å²) in [4.78, 5) is 30.5. The van der Waals surface area contributed by atoms with Gasteiger partial charge in [-0.25, -0.2) is 18.6 Å². The summed E-state index contributed by atoms with van der Waals surface area (Å²) in [6.07, 6.45) is -6.29. The third-order valence-electron chi connectivity index (χ3n) is 5.02. The van der Waals surface area contributed by atoms with Gasteiger partial charge in [-0.1, -0.05) is 6.07 Å². The van der Waals surface area contributed by atoms with Crippen molar-refractivity contribution in [1.82, 2.24) is 14.5 Å². The molecule has 0 aliphatic heterocycles. The lowest BCUT2D eigenvalue weighted by Crippen LogP contribution is -2.47. The topological polar surface area (TPSA) is 75.4 Å². The van der Waals surface area contributed by atoms with E-state index >= 15 is 0 Å². The third-order valence-corrected chi connectivity index (χ3v) is 5.02. The van der Waals surface area contributed by atoms with Crippen molar-refractivity contribution in [1.29, 1.82) is 0 Å². The highest BCUT2D eigenvalue weighted by atomic mass is 19.4. The first-order valence-electron chi connectivity index (χ1n) is 9.74. The van der Waals surface area contributed by atoms with E-state index in [-0.39, 0.29) is 11.3 Å². The van der Waals surface area contributed by atoms with Gasteiger partial charge in [0.1, 0.15) is 17.5 Å². The molecule has 0 aliphatic rings. The predicted octanol–water partition coefficient (Wildman–Crippen LogP) is 5.52. The lowest BCUT2D eigenvalue weighted by atomic mass is 10.0. The van der Waals surface area contributed by atoms with Crippen LogP contribution in [0.25, 0.3) is 16.6 Å². The number of fused-ring (bicyclic) bond motifs is 1. The molecule has 2 aromatic carbocycles. The minimum absolute atomic E-state index is 0.297. The predicted molar refractivity (Wildman–Crippen MR) is 110 cm³/mol. The summed E-state index contributed by atoms with van der Waals surface area (Å²) in [5, 5.41) is 8.96. The maximum Gasteiger partial charge on any atom is 0.417 e. The Morgan fingerprint density at radius 2 is 1.67 bits per heavy atom. The second-order valence-corrected chi connectivity index (χ2v) is 8.44. The molecule has 0 fully saturated rings. The normalized spacial score (nSPS) is 13.2. The molecule has 1 amide bonds. The fourth-order valence-corrected chi connectivity index (χ4v) is 3.83. The first-order chi connectivity index (χ1) is 15.1. The van der Waals surface area contributed by atoms with Crippen LogP contribution >= 0.6 is 0 Å². The number of benzene rings is 2. The molecule has 1 atom stereocenters. The number of amides is 1. The van der Waals surface area contributed by atoms with Gasteiger partial charge in [0.25, 0.3) is 5.56 Å². The second kappa shape index (κ2) is 8.13. The van der Waals surface area contributed by atoms with E-state index in [0.717, 1.165) is 23.1 Å². The zero-order valence-corrected chi connectivity index (χ0v) is 18.0. The molecule has 1 N–H and O–H groups in total. The number of carbonyl (C=O) groups is 1. The van der Waals surface area contributed by atoms with Crippen LogP contribution in [-0.2, 0) is 6.18 Å². The molecule has 11 heteroatoms. The van der Waals surface area contributed by atoms with Gasteiger partial charge in [-0.3, -0.25) is 14.3 Å². The summed E-state index contributed by atoms with van der Waals surface area (Å²) >= 11 is 0. The molecule has 0 radical (unpaired) electrons. The van der Waals surface area contributed by atoms with E-state index in [2.05, 4.69) is 4.98 Å². The maximum absolute atomic E-state index is 14.0. The molecule has 3 aromatic rings. The van der Waals surface area contributed by atoms with Crippen molar-refractivity contribution >= 4 is 17.0 Å². The Balaban J connectivity index is 2.50. The number of rotatable bonds is 3. The number of hydrogen-bond donors (Lipinski definition) is 1. The van der Waals surface area contributed by atoms with Gasteiger partial charge >= 0.3 is 12.3 Å². The van der Waals surface area contributed by atoms with Crippen LogP contribution < -0.4 is 5.56 Å².